The molecule has 21 heavy (non-hydrogen) atoms. The Labute approximate surface area is 124 Å². The highest BCUT2D eigenvalue weighted by Gasteiger charge is 2.32. The first-order valence-corrected chi connectivity index (χ1v) is 7.32. The van der Waals surface area contributed by atoms with E-state index >= 15 is 0 Å². The van der Waals surface area contributed by atoms with E-state index in [0.717, 1.165) is 18.7 Å². The molecule has 3 heteroatoms. The van der Waals surface area contributed by atoms with Gasteiger partial charge in [-0.2, -0.15) is 0 Å². The molecule has 3 aromatic rings. The maximum Gasteiger partial charge on any atom is 0.139 e. The molecule has 1 aliphatic rings. The van der Waals surface area contributed by atoms with Crippen molar-refractivity contribution in [1.82, 2.24) is 9.97 Å². The van der Waals surface area contributed by atoms with Gasteiger partial charge in [-0.3, -0.25) is 0 Å². The molecule has 1 aromatic carbocycles. The number of nitrogens with zero attached hydrogens (tertiary/aromatic N) is 2. The second-order valence-electron chi connectivity index (χ2n) is 6.40. The van der Waals surface area contributed by atoms with E-state index in [-0.39, 0.29) is 5.41 Å². The van der Waals surface area contributed by atoms with Crippen molar-refractivity contribution in [1.29, 1.82) is 0 Å². The molecule has 0 bridgehead atoms. The van der Waals surface area contributed by atoms with Crippen LogP contribution >= 0.6 is 0 Å². The standard InChI is InChI=1S/C18H18N3/c1-18(2)12-21(11-13-6-3-4-8-15(13)18)16-10-20-17-14(16)7-5-9-19-17/h4-10H,11-12H2,1-2H3,(H,19,20). The molecule has 1 aliphatic heterocycles. The Bertz CT molecular complexity index is 801. The molecule has 0 amide bonds. The summed E-state index contributed by atoms with van der Waals surface area (Å²) < 4.78 is 0. The zero-order valence-electron chi connectivity index (χ0n) is 12.4. The van der Waals surface area contributed by atoms with Gasteiger partial charge >= 0.3 is 0 Å². The Kier molecular flexibility index (Phi) is 2.58. The Hall–Kier alpha value is -2.29. The van der Waals surface area contributed by atoms with E-state index in [2.05, 4.69) is 59.2 Å². The lowest BCUT2D eigenvalue weighted by Crippen LogP contribution is -2.42. The van der Waals surface area contributed by atoms with Crippen molar-refractivity contribution in [2.45, 2.75) is 25.8 Å². The van der Waals surface area contributed by atoms with Crippen LogP contribution in [0.1, 0.15) is 25.0 Å². The predicted molar refractivity (Wildman–Crippen MR) is 85.4 cm³/mol. The molecule has 0 fully saturated rings. The van der Waals surface area contributed by atoms with Crippen molar-refractivity contribution in [3.63, 3.8) is 0 Å². The van der Waals surface area contributed by atoms with Gasteiger partial charge in [-0.25, -0.2) is 4.98 Å². The van der Waals surface area contributed by atoms with E-state index < -0.39 is 0 Å². The van der Waals surface area contributed by atoms with Crippen LogP contribution in [0.2, 0.25) is 0 Å². The SMILES string of the molecule is CC1(C)CN(c2c[nH]c3ncccc23)Cc2c[c]ccc21. The second-order valence-corrected chi connectivity index (χ2v) is 6.40. The summed E-state index contributed by atoms with van der Waals surface area (Å²) in [7, 11) is 0. The summed E-state index contributed by atoms with van der Waals surface area (Å²) >= 11 is 0. The maximum absolute atomic E-state index is 4.39. The number of nitrogens with one attached hydrogen (secondary N) is 1. The third-order valence-electron chi connectivity index (χ3n) is 4.40. The van der Waals surface area contributed by atoms with Gasteiger partial charge in [-0.15, -0.1) is 0 Å². The first kappa shape index (κ1) is 12.5. The number of H-pyrrole nitrogens is 1. The molecule has 0 spiro atoms. The van der Waals surface area contributed by atoms with Crippen LogP contribution in [0.3, 0.4) is 0 Å². The zero-order chi connectivity index (χ0) is 14.4. The lowest BCUT2D eigenvalue weighted by molar-refractivity contribution is 0.478. The molecule has 2 aromatic heterocycles. The molecular formula is C18H18N3. The molecule has 0 atom stereocenters. The molecule has 0 saturated heterocycles. The third kappa shape index (κ3) is 1.92. The Balaban J connectivity index is 1.82. The maximum atomic E-state index is 4.39. The molecule has 105 valence electrons. The number of rotatable bonds is 1. The minimum atomic E-state index is 0.133. The van der Waals surface area contributed by atoms with E-state index in [1.54, 1.807) is 0 Å². The second kappa shape index (κ2) is 4.35. The first-order chi connectivity index (χ1) is 10.1. The number of fused-ring (bicyclic) bond motifs is 2. The molecule has 0 unspecified atom stereocenters. The normalized spacial score (nSPS) is 17.0. The van der Waals surface area contributed by atoms with Gasteiger partial charge in [0.15, 0.2) is 0 Å². The van der Waals surface area contributed by atoms with Gasteiger partial charge in [0.05, 0.1) is 5.69 Å². The summed E-state index contributed by atoms with van der Waals surface area (Å²) in [6.07, 6.45) is 3.90. The average Bonchev–Trinajstić information content (AvgIpc) is 2.90. The van der Waals surface area contributed by atoms with E-state index in [1.807, 2.05) is 18.3 Å². The minimum Gasteiger partial charge on any atom is -0.365 e. The number of hydrogen-bond donors (Lipinski definition) is 1. The largest absolute Gasteiger partial charge is 0.365 e. The zero-order valence-corrected chi connectivity index (χ0v) is 12.4. The Morgan fingerprint density at radius 1 is 1.33 bits per heavy atom. The quantitative estimate of drug-likeness (QED) is 0.735. The minimum absolute atomic E-state index is 0.133. The van der Waals surface area contributed by atoms with Gasteiger partial charge in [-0.1, -0.05) is 26.0 Å². The number of aromatic amines is 1. The predicted octanol–water partition coefficient (Wildman–Crippen LogP) is 3.66. The highest BCUT2D eigenvalue weighted by Crippen LogP contribution is 2.37. The Morgan fingerprint density at radius 2 is 2.24 bits per heavy atom. The Morgan fingerprint density at radius 3 is 3.14 bits per heavy atom. The molecule has 1 radical (unpaired) electrons. The van der Waals surface area contributed by atoms with Crippen LogP contribution in [0.25, 0.3) is 11.0 Å². The summed E-state index contributed by atoms with van der Waals surface area (Å²) in [6.45, 7) is 6.56. The number of pyridine rings is 1. The summed E-state index contributed by atoms with van der Waals surface area (Å²) in [5.41, 5.74) is 5.13. The molecule has 3 heterocycles. The van der Waals surface area contributed by atoms with Crippen LogP contribution in [0, 0.1) is 6.07 Å². The average molecular weight is 276 g/mol. The van der Waals surface area contributed by atoms with Crippen molar-refractivity contribution in [3.8, 4) is 0 Å². The van der Waals surface area contributed by atoms with Crippen LogP contribution in [0.4, 0.5) is 5.69 Å². The van der Waals surface area contributed by atoms with Crippen molar-refractivity contribution in [2.24, 2.45) is 0 Å². The summed E-state index contributed by atoms with van der Waals surface area (Å²) in [4.78, 5) is 10.1. The highest BCUT2D eigenvalue weighted by atomic mass is 15.2. The summed E-state index contributed by atoms with van der Waals surface area (Å²) in [6, 6.07) is 13.7. The van der Waals surface area contributed by atoms with Crippen molar-refractivity contribution < 1.29 is 0 Å². The van der Waals surface area contributed by atoms with Gasteiger partial charge in [0, 0.05) is 36.3 Å². The fourth-order valence-corrected chi connectivity index (χ4v) is 3.45. The van der Waals surface area contributed by atoms with Crippen LogP contribution in [-0.4, -0.2) is 16.5 Å². The van der Waals surface area contributed by atoms with Gasteiger partial charge in [0.1, 0.15) is 5.65 Å². The smallest absolute Gasteiger partial charge is 0.139 e. The lowest BCUT2D eigenvalue weighted by Gasteiger charge is -2.40. The molecular weight excluding hydrogens is 258 g/mol. The third-order valence-corrected chi connectivity index (χ3v) is 4.40. The van der Waals surface area contributed by atoms with E-state index in [0.29, 0.717) is 0 Å². The molecule has 0 aliphatic carbocycles. The fourth-order valence-electron chi connectivity index (χ4n) is 3.45. The van der Waals surface area contributed by atoms with E-state index in [9.17, 15) is 0 Å². The van der Waals surface area contributed by atoms with Crippen LogP contribution in [0.15, 0.2) is 42.7 Å². The number of anilines is 1. The topological polar surface area (TPSA) is 31.9 Å². The van der Waals surface area contributed by atoms with Gasteiger partial charge in [0.25, 0.3) is 0 Å². The van der Waals surface area contributed by atoms with Gasteiger partial charge in [0.2, 0.25) is 0 Å². The molecule has 4 rings (SSSR count). The molecule has 0 saturated carbocycles. The van der Waals surface area contributed by atoms with E-state index in [1.165, 1.54) is 22.2 Å². The monoisotopic (exact) mass is 276 g/mol. The summed E-state index contributed by atoms with van der Waals surface area (Å²) in [5.74, 6) is 0. The molecule has 3 nitrogen and oxygen atoms in total. The van der Waals surface area contributed by atoms with Gasteiger partial charge in [-0.05, 0) is 35.4 Å². The van der Waals surface area contributed by atoms with Crippen molar-refractivity contribution in [2.75, 3.05) is 11.4 Å². The van der Waals surface area contributed by atoms with Crippen LogP contribution in [0.5, 0.6) is 0 Å². The number of aromatic nitrogens is 2. The number of benzene rings is 1. The van der Waals surface area contributed by atoms with Gasteiger partial charge < -0.3 is 9.88 Å². The van der Waals surface area contributed by atoms with Crippen molar-refractivity contribution >= 4 is 16.7 Å². The first-order valence-electron chi connectivity index (χ1n) is 7.32. The number of hydrogen-bond acceptors (Lipinski definition) is 2. The van der Waals surface area contributed by atoms with E-state index in [4.69, 9.17) is 0 Å². The van der Waals surface area contributed by atoms with Crippen molar-refractivity contribution in [3.05, 3.63) is 59.9 Å². The van der Waals surface area contributed by atoms with Crippen LogP contribution < -0.4 is 4.90 Å². The fraction of sp³-hybridized carbons (Fsp3) is 0.278. The lowest BCUT2D eigenvalue weighted by atomic mass is 9.78. The summed E-state index contributed by atoms with van der Waals surface area (Å²) in [5, 5.41) is 1.19. The van der Waals surface area contributed by atoms with Crippen LogP contribution in [-0.2, 0) is 12.0 Å². The molecule has 1 N–H and O–H groups in total. The highest BCUT2D eigenvalue weighted by molar-refractivity contribution is 5.90.